The Kier molecular flexibility index (Phi) is 3.59. The number of nitrogens with zero attached hydrogens (tertiary/aromatic N) is 1. The average Bonchev–Trinajstić information content (AvgIpc) is 1.88. The zero-order chi connectivity index (χ0) is 7.40. The van der Waals surface area contributed by atoms with Gasteiger partial charge in [-0.2, -0.15) is 4.91 Å². The monoisotopic (exact) mass is 253 g/mol. The van der Waals surface area contributed by atoms with Crippen molar-refractivity contribution in [1.29, 1.82) is 0 Å². The second-order valence-electron chi connectivity index (χ2n) is 2.89. The van der Waals surface area contributed by atoms with Crippen LogP contribution in [0.3, 0.4) is 0 Å². The van der Waals surface area contributed by atoms with Crippen molar-refractivity contribution in [2.45, 2.75) is 19.3 Å². The molecular weight excluding hydrogens is 241 g/mol. The van der Waals surface area contributed by atoms with Crippen LogP contribution in [0.25, 0.3) is 0 Å². The number of rotatable bonds is 4. The summed E-state index contributed by atoms with van der Waals surface area (Å²) >= 11 is 2.42. The molecular formula is C7H12INO. The molecule has 1 saturated carbocycles. The van der Waals surface area contributed by atoms with E-state index >= 15 is 0 Å². The first-order chi connectivity index (χ1) is 4.88. The predicted octanol–water partition coefficient (Wildman–Crippen LogP) is 2.60. The molecule has 1 fully saturated rings. The molecule has 1 aliphatic carbocycles. The van der Waals surface area contributed by atoms with Gasteiger partial charge in [-0.1, -0.05) is 27.8 Å². The molecule has 2 nitrogen and oxygen atoms in total. The zero-order valence-corrected chi connectivity index (χ0v) is 8.08. The van der Waals surface area contributed by atoms with Gasteiger partial charge >= 0.3 is 0 Å². The topological polar surface area (TPSA) is 29.4 Å². The van der Waals surface area contributed by atoms with Crippen molar-refractivity contribution in [2.75, 3.05) is 11.0 Å². The number of halogens is 1. The summed E-state index contributed by atoms with van der Waals surface area (Å²) in [5, 5.41) is 2.87. The molecule has 0 amide bonds. The summed E-state index contributed by atoms with van der Waals surface area (Å²) in [6.07, 6.45) is 3.72. The minimum absolute atomic E-state index is 0.526. The molecule has 0 spiro atoms. The molecule has 0 radical (unpaired) electrons. The number of alkyl halides is 1. The van der Waals surface area contributed by atoms with E-state index in [4.69, 9.17) is 0 Å². The van der Waals surface area contributed by atoms with Crippen LogP contribution in [0.4, 0.5) is 0 Å². The van der Waals surface area contributed by atoms with Gasteiger partial charge in [0.25, 0.3) is 0 Å². The summed E-state index contributed by atoms with van der Waals surface area (Å²) in [5.74, 6) is 1.71. The van der Waals surface area contributed by atoms with E-state index in [9.17, 15) is 4.91 Å². The zero-order valence-electron chi connectivity index (χ0n) is 5.92. The largest absolute Gasteiger partial charge is 0.151 e. The van der Waals surface area contributed by atoms with E-state index in [1.165, 1.54) is 17.3 Å². The van der Waals surface area contributed by atoms with Crippen molar-refractivity contribution >= 4 is 22.6 Å². The molecule has 2 unspecified atom stereocenters. The number of hydrogen-bond acceptors (Lipinski definition) is 2. The Bertz CT molecular complexity index is 116. The summed E-state index contributed by atoms with van der Waals surface area (Å²) in [6, 6.07) is 0. The van der Waals surface area contributed by atoms with Crippen molar-refractivity contribution in [3.05, 3.63) is 4.91 Å². The molecule has 0 aromatic heterocycles. The van der Waals surface area contributed by atoms with Gasteiger partial charge in [-0.3, -0.25) is 0 Å². The van der Waals surface area contributed by atoms with E-state index in [0.29, 0.717) is 6.54 Å². The lowest BCUT2D eigenvalue weighted by atomic mass is 9.73. The quantitative estimate of drug-likeness (QED) is 0.430. The Balaban J connectivity index is 2.10. The second kappa shape index (κ2) is 4.26. The van der Waals surface area contributed by atoms with Crippen molar-refractivity contribution in [2.24, 2.45) is 17.0 Å². The highest BCUT2D eigenvalue weighted by Crippen LogP contribution is 2.37. The van der Waals surface area contributed by atoms with E-state index in [1.54, 1.807) is 0 Å². The highest BCUT2D eigenvalue weighted by Gasteiger charge is 2.28. The summed E-state index contributed by atoms with van der Waals surface area (Å²) in [7, 11) is 0. The van der Waals surface area contributed by atoms with Crippen LogP contribution in [-0.4, -0.2) is 11.0 Å². The van der Waals surface area contributed by atoms with Crippen molar-refractivity contribution < 1.29 is 0 Å². The second-order valence-corrected chi connectivity index (χ2v) is 3.77. The lowest BCUT2D eigenvalue weighted by Gasteiger charge is -2.34. The van der Waals surface area contributed by atoms with Crippen molar-refractivity contribution in [3.63, 3.8) is 0 Å². The van der Waals surface area contributed by atoms with Crippen LogP contribution in [0.15, 0.2) is 5.18 Å². The fourth-order valence-electron chi connectivity index (χ4n) is 1.44. The smallest absolute Gasteiger partial charge is 0.0813 e. The molecule has 0 aromatic rings. The van der Waals surface area contributed by atoms with Crippen LogP contribution in [0.5, 0.6) is 0 Å². The summed E-state index contributed by atoms with van der Waals surface area (Å²) in [5.41, 5.74) is 0. The number of hydrogen-bond donors (Lipinski definition) is 0. The van der Waals surface area contributed by atoms with E-state index in [-0.39, 0.29) is 0 Å². The van der Waals surface area contributed by atoms with Gasteiger partial charge < -0.3 is 0 Å². The first-order valence-electron chi connectivity index (χ1n) is 3.73. The fraction of sp³-hybridized carbons (Fsp3) is 1.00. The Hall–Kier alpha value is 0.330. The summed E-state index contributed by atoms with van der Waals surface area (Å²) < 4.78 is 1.25. The van der Waals surface area contributed by atoms with Gasteiger partial charge in [0.1, 0.15) is 0 Å². The minimum atomic E-state index is 0.526. The predicted molar refractivity (Wildman–Crippen MR) is 50.4 cm³/mol. The Morgan fingerprint density at radius 1 is 1.40 bits per heavy atom. The molecule has 0 saturated heterocycles. The molecule has 0 aromatic carbocycles. The van der Waals surface area contributed by atoms with Crippen LogP contribution < -0.4 is 0 Å². The summed E-state index contributed by atoms with van der Waals surface area (Å²) in [6.45, 7) is 0.526. The van der Waals surface area contributed by atoms with E-state index in [2.05, 4.69) is 27.8 Å². The van der Waals surface area contributed by atoms with Crippen LogP contribution in [0.1, 0.15) is 19.3 Å². The Labute approximate surface area is 74.9 Å². The fourth-order valence-corrected chi connectivity index (χ4v) is 2.60. The van der Waals surface area contributed by atoms with Crippen LogP contribution >= 0.6 is 22.6 Å². The maximum atomic E-state index is 9.79. The molecule has 3 heteroatoms. The van der Waals surface area contributed by atoms with Gasteiger partial charge in [0.05, 0.1) is 6.54 Å². The molecule has 1 aliphatic rings. The van der Waals surface area contributed by atoms with Crippen LogP contribution in [-0.2, 0) is 0 Å². The van der Waals surface area contributed by atoms with E-state index in [1.807, 2.05) is 0 Å². The van der Waals surface area contributed by atoms with Gasteiger partial charge in [-0.15, -0.1) is 0 Å². The molecule has 58 valence electrons. The highest BCUT2D eigenvalue weighted by molar-refractivity contribution is 14.1. The van der Waals surface area contributed by atoms with Crippen LogP contribution in [0.2, 0.25) is 0 Å². The molecule has 2 atom stereocenters. The van der Waals surface area contributed by atoms with Gasteiger partial charge in [-0.05, 0) is 31.1 Å². The molecule has 0 aliphatic heterocycles. The molecule has 0 N–H and O–H groups in total. The van der Waals surface area contributed by atoms with Crippen LogP contribution in [0, 0.1) is 16.7 Å². The van der Waals surface area contributed by atoms with Gasteiger partial charge in [0.15, 0.2) is 0 Å². The van der Waals surface area contributed by atoms with Gasteiger partial charge in [0.2, 0.25) is 0 Å². The Morgan fingerprint density at radius 3 is 2.50 bits per heavy atom. The third-order valence-corrected chi connectivity index (χ3v) is 3.50. The maximum Gasteiger partial charge on any atom is 0.0813 e. The van der Waals surface area contributed by atoms with E-state index < -0.39 is 0 Å². The Morgan fingerprint density at radius 2 is 2.10 bits per heavy atom. The normalized spacial score (nSPS) is 31.3. The molecule has 0 bridgehead atoms. The first-order valence-corrected chi connectivity index (χ1v) is 5.26. The lowest BCUT2D eigenvalue weighted by Crippen LogP contribution is -2.27. The minimum Gasteiger partial charge on any atom is -0.151 e. The number of nitroso groups, excluding NO2 is 1. The standard InChI is InChI=1S/C7H12INO/c8-5-7-2-1-6(7)3-4-9-10/h6-7H,1-5H2. The summed E-state index contributed by atoms with van der Waals surface area (Å²) in [4.78, 5) is 9.79. The van der Waals surface area contributed by atoms with E-state index in [0.717, 1.165) is 18.3 Å². The maximum absolute atomic E-state index is 9.79. The molecule has 1 rings (SSSR count). The highest BCUT2D eigenvalue weighted by atomic mass is 127. The SMILES string of the molecule is O=NCCC1CCC1CI. The average molecular weight is 253 g/mol. The van der Waals surface area contributed by atoms with Gasteiger partial charge in [-0.25, -0.2) is 0 Å². The van der Waals surface area contributed by atoms with Gasteiger partial charge in [0, 0.05) is 4.43 Å². The third kappa shape index (κ3) is 1.90. The molecule has 0 heterocycles. The molecule has 10 heavy (non-hydrogen) atoms. The first kappa shape index (κ1) is 8.43. The lowest BCUT2D eigenvalue weighted by molar-refractivity contribution is 0.194. The van der Waals surface area contributed by atoms with Crippen molar-refractivity contribution in [1.82, 2.24) is 0 Å². The van der Waals surface area contributed by atoms with Crippen molar-refractivity contribution in [3.8, 4) is 0 Å². The third-order valence-electron chi connectivity index (χ3n) is 2.36.